The van der Waals surface area contributed by atoms with Gasteiger partial charge in [0.1, 0.15) is 16.7 Å². The Kier molecular flexibility index (Phi) is 8.29. The molecule has 0 aliphatic heterocycles. The van der Waals surface area contributed by atoms with Crippen LogP contribution in [0.25, 0.3) is 87.9 Å². The van der Waals surface area contributed by atoms with E-state index in [0.717, 1.165) is 83.5 Å². The highest BCUT2D eigenvalue weighted by Gasteiger charge is 2.21. The summed E-state index contributed by atoms with van der Waals surface area (Å²) in [6, 6.07) is 71.3. The molecule has 0 saturated carbocycles. The number of furan rings is 2. The van der Waals surface area contributed by atoms with Crippen LogP contribution in [0.1, 0.15) is 11.1 Å². The molecule has 0 aliphatic carbocycles. The van der Waals surface area contributed by atoms with Gasteiger partial charge in [0.25, 0.3) is 0 Å². The Morgan fingerprint density at radius 3 is 1.85 bits per heavy atom. The molecule has 0 saturated heterocycles. The van der Waals surface area contributed by atoms with Crippen molar-refractivity contribution in [1.29, 1.82) is 0 Å². The van der Waals surface area contributed by atoms with E-state index in [9.17, 15) is 0 Å². The van der Waals surface area contributed by atoms with Gasteiger partial charge in [0.05, 0.1) is 23.0 Å². The molecule has 12 aromatic rings. The maximum Gasteiger partial charge on any atom is 0.136 e. The Labute approximate surface area is 358 Å². The summed E-state index contributed by atoms with van der Waals surface area (Å²) < 4.78 is 14.8. The quantitative estimate of drug-likeness (QED) is 0.144. The molecule has 0 amide bonds. The van der Waals surface area contributed by atoms with Crippen molar-refractivity contribution < 1.29 is 8.83 Å². The summed E-state index contributed by atoms with van der Waals surface area (Å²) in [5.74, 6) is 0. The largest absolute Gasteiger partial charge is 0.464 e. The van der Waals surface area contributed by atoms with Crippen LogP contribution in [0, 0.1) is 0 Å². The third kappa shape index (κ3) is 5.76. The zero-order valence-electron chi connectivity index (χ0n) is 33.7. The third-order valence-electron chi connectivity index (χ3n) is 12.2. The molecule has 0 bridgehead atoms. The first kappa shape index (κ1) is 35.6. The first-order chi connectivity index (χ1) is 30.7. The van der Waals surface area contributed by atoms with Crippen molar-refractivity contribution in [2.24, 2.45) is 0 Å². The van der Waals surface area contributed by atoms with Gasteiger partial charge in [0.15, 0.2) is 0 Å². The van der Waals surface area contributed by atoms with Crippen LogP contribution in [0.5, 0.6) is 0 Å². The fourth-order valence-corrected chi connectivity index (χ4v) is 9.36. The number of aromatic nitrogens is 1. The van der Waals surface area contributed by atoms with Crippen molar-refractivity contribution in [2.75, 3.05) is 4.90 Å². The predicted molar refractivity (Wildman–Crippen MR) is 259 cm³/mol. The van der Waals surface area contributed by atoms with Gasteiger partial charge in [0.2, 0.25) is 0 Å². The third-order valence-corrected chi connectivity index (χ3v) is 12.2. The SMILES string of the molecule is C=C/C=C(/c1ccc(N(c2ccc(-n3c4ccccc4c4ccccc43)cc2)c2ccccc2-c2ccc3oc4cc5ccccc5cc4c3c2)cc1)c1coc2ccccc12. The highest BCUT2D eigenvalue weighted by atomic mass is 16.3. The zero-order valence-corrected chi connectivity index (χ0v) is 33.7. The average Bonchev–Trinajstić information content (AvgIpc) is 4.02. The molecule has 9 aromatic carbocycles. The van der Waals surface area contributed by atoms with E-state index in [-0.39, 0.29) is 0 Å². The molecule has 12 rings (SSSR count). The highest BCUT2D eigenvalue weighted by Crippen LogP contribution is 2.44. The summed E-state index contributed by atoms with van der Waals surface area (Å²) in [6.45, 7) is 4.06. The van der Waals surface area contributed by atoms with E-state index in [4.69, 9.17) is 8.83 Å². The van der Waals surface area contributed by atoms with Crippen LogP contribution in [0.2, 0.25) is 0 Å². The Morgan fingerprint density at radius 1 is 0.500 bits per heavy atom. The van der Waals surface area contributed by atoms with Gasteiger partial charge in [-0.1, -0.05) is 134 Å². The van der Waals surface area contributed by atoms with E-state index in [2.05, 4.69) is 204 Å². The van der Waals surface area contributed by atoms with Gasteiger partial charge in [-0.2, -0.15) is 0 Å². The minimum Gasteiger partial charge on any atom is -0.464 e. The zero-order chi connectivity index (χ0) is 41.1. The van der Waals surface area contributed by atoms with Crippen molar-refractivity contribution in [3.63, 3.8) is 0 Å². The van der Waals surface area contributed by atoms with Gasteiger partial charge in [-0.25, -0.2) is 0 Å². The fourth-order valence-electron chi connectivity index (χ4n) is 9.36. The smallest absolute Gasteiger partial charge is 0.136 e. The van der Waals surface area contributed by atoms with Crippen molar-refractivity contribution >= 4 is 88.1 Å². The lowest BCUT2D eigenvalue weighted by atomic mass is 9.96. The minimum atomic E-state index is 0.858. The van der Waals surface area contributed by atoms with Crippen molar-refractivity contribution in [2.45, 2.75) is 0 Å². The van der Waals surface area contributed by atoms with Gasteiger partial charge in [-0.05, 0) is 112 Å². The second kappa shape index (κ2) is 14.4. The minimum absolute atomic E-state index is 0.858. The molecule has 4 heteroatoms. The number of hydrogen-bond acceptors (Lipinski definition) is 3. The first-order valence-electron chi connectivity index (χ1n) is 20.9. The number of fused-ring (bicyclic) bond motifs is 8. The molecule has 3 heterocycles. The van der Waals surface area contributed by atoms with E-state index < -0.39 is 0 Å². The molecule has 0 radical (unpaired) electrons. The van der Waals surface area contributed by atoms with E-state index in [0.29, 0.717) is 0 Å². The normalized spacial score (nSPS) is 12.0. The van der Waals surface area contributed by atoms with Gasteiger partial charge in [-0.15, -0.1) is 0 Å². The Balaban J connectivity index is 1.01. The molecule has 0 fully saturated rings. The van der Waals surface area contributed by atoms with Crippen molar-refractivity contribution in [3.8, 4) is 16.8 Å². The van der Waals surface area contributed by atoms with Crippen LogP contribution in [0.3, 0.4) is 0 Å². The van der Waals surface area contributed by atoms with Crippen LogP contribution in [0.4, 0.5) is 17.1 Å². The average molecular weight is 795 g/mol. The molecular weight excluding hydrogens is 757 g/mol. The Bertz CT molecular complexity index is 3660. The summed E-state index contributed by atoms with van der Waals surface area (Å²) in [5, 5.41) is 8.12. The molecule has 0 N–H and O–H groups in total. The molecule has 4 nitrogen and oxygen atoms in total. The van der Waals surface area contributed by atoms with Gasteiger partial charge in [0, 0.05) is 55.1 Å². The molecule has 0 atom stereocenters. The standard InChI is InChI=1S/C58H38N2O2/c1-2-13-45(52-37-61-56-23-12-8-19-49(52)56)38-24-27-42(28-25-38)59(43-29-31-44(32-30-43)60-54-21-10-6-17-47(54)48-18-7-11-22-55(48)60)53-20-9-5-16-46(53)41-26-33-57-50(35-41)51-34-39-14-3-4-15-40(39)36-58(51)62-57/h2-37H,1H2/b45-13-. The predicted octanol–water partition coefficient (Wildman–Crippen LogP) is 16.3. The van der Waals surface area contributed by atoms with Gasteiger partial charge >= 0.3 is 0 Å². The molecule has 0 aliphatic rings. The van der Waals surface area contributed by atoms with E-state index in [1.165, 1.54) is 32.6 Å². The molecule has 3 aromatic heterocycles. The summed E-state index contributed by atoms with van der Waals surface area (Å²) in [5.41, 5.74) is 14.6. The lowest BCUT2D eigenvalue weighted by Gasteiger charge is -2.28. The van der Waals surface area contributed by atoms with Crippen LogP contribution in [-0.2, 0) is 0 Å². The van der Waals surface area contributed by atoms with Gasteiger partial charge < -0.3 is 18.3 Å². The monoisotopic (exact) mass is 794 g/mol. The lowest BCUT2D eigenvalue weighted by molar-refractivity contribution is 0.615. The highest BCUT2D eigenvalue weighted by molar-refractivity contribution is 6.12. The first-order valence-corrected chi connectivity index (χ1v) is 20.9. The van der Waals surface area contributed by atoms with Crippen LogP contribution in [-0.4, -0.2) is 4.57 Å². The number of hydrogen-bond donors (Lipinski definition) is 0. The van der Waals surface area contributed by atoms with Crippen LogP contribution < -0.4 is 4.90 Å². The van der Waals surface area contributed by atoms with E-state index in [1.807, 2.05) is 30.5 Å². The number of allylic oxidation sites excluding steroid dienone is 2. The molecule has 292 valence electrons. The maximum absolute atomic E-state index is 6.43. The van der Waals surface area contributed by atoms with Gasteiger partial charge in [-0.3, -0.25) is 0 Å². The summed E-state index contributed by atoms with van der Waals surface area (Å²) in [7, 11) is 0. The van der Waals surface area contributed by atoms with Crippen LogP contribution >= 0.6 is 0 Å². The molecule has 0 unspecified atom stereocenters. The lowest BCUT2D eigenvalue weighted by Crippen LogP contribution is -2.11. The van der Waals surface area contributed by atoms with E-state index in [1.54, 1.807) is 0 Å². The number of rotatable bonds is 8. The Morgan fingerprint density at radius 2 is 1.11 bits per heavy atom. The number of nitrogens with zero attached hydrogens (tertiary/aromatic N) is 2. The topological polar surface area (TPSA) is 34.5 Å². The molecule has 0 spiro atoms. The number of benzene rings is 9. The van der Waals surface area contributed by atoms with E-state index >= 15 is 0 Å². The molecular formula is C58H38N2O2. The summed E-state index contributed by atoms with van der Waals surface area (Å²) in [6.07, 6.45) is 5.75. The summed E-state index contributed by atoms with van der Waals surface area (Å²) >= 11 is 0. The second-order valence-corrected chi connectivity index (χ2v) is 15.8. The molecule has 62 heavy (non-hydrogen) atoms. The van der Waals surface area contributed by atoms with Crippen molar-refractivity contribution in [1.82, 2.24) is 4.57 Å². The number of anilines is 3. The maximum atomic E-state index is 6.43. The van der Waals surface area contributed by atoms with Crippen LogP contribution in [0.15, 0.2) is 234 Å². The summed E-state index contributed by atoms with van der Waals surface area (Å²) in [4.78, 5) is 2.37. The fraction of sp³-hybridized carbons (Fsp3) is 0. The Hall–Kier alpha value is -8.34. The number of para-hydroxylation sites is 4. The second-order valence-electron chi connectivity index (χ2n) is 15.8. The van der Waals surface area contributed by atoms with Crippen molar-refractivity contribution in [3.05, 3.63) is 236 Å².